The lowest BCUT2D eigenvalue weighted by atomic mass is 10.1. The molecule has 10 heteroatoms. The van der Waals surface area contributed by atoms with E-state index in [0.29, 0.717) is 29.3 Å². The van der Waals surface area contributed by atoms with Crippen molar-refractivity contribution in [1.29, 1.82) is 0 Å². The number of alkyl halides is 3. The van der Waals surface area contributed by atoms with Crippen LogP contribution in [-0.2, 0) is 12.7 Å². The number of carboxylic acid groups (broad SMARTS) is 1. The van der Waals surface area contributed by atoms with E-state index in [1.165, 1.54) is 28.4 Å². The highest BCUT2D eigenvalue weighted by atomic mass is 32.1. The molecule has 2 aromatic heterocycles. The number of aromatic carboxylic acids is 1. The molecule has 3 aromatic rings. The predicted molar refractivity (Wildman–Crippen MR) is 101 cm³/mol. The van der Waals surface area contributed by atoms with E-state index in [1.54, 1.807) is 13.0 Å². The number of ether oxygens (including phenoxy) is 1. The number of halogens is 3. The molecule has 1 N–H and O–H groups in total. The maximum absolute atomic E-state index is 13.3. The van der Waals surface area contributed by atoms with Crippen LogP contribution in [0.4, 0.5) is 13.2 Å². The topological polar surface area (TPSA) is 77.2 Å². The van der Waals surface area contributed by atoms with Crippen LogP contribution in [0.5, 0.6) is 5.75 Å². The van der Waals surface area contributed by atoms with Crippen molar-refractivity contribution in [3.05, 3.63) is 52.3 Å². The lowest BCUT2D eigenvalue weighted by Crippen LogP contribution is -2.06. The second-order valence-corrected chi connectivity index (χ2v) is 7.55. The Hall–Kier alpha value is -2.88. The second-order valence-electron chi connectivity index (χ2n) is 6.35. The number of hydrogen-bond donors (Lipinski definition) is 1. The van der Waals surface area contributed by atoms with Gasteiger partial charge in [-0.05, 0) is 31.5 Å². The van der Waals surface area contributed by atoms with Gasteiger partial charge in [0.25, 0.3) is 0 Å². The molecule has 0 fully saturated rings. The van der Waals surface area contributed by atoms with Crippen LogP contribution in [0.3, 0.4) is 0 Å². The minimum atomic E-state index is -4.50. The van der Waals surface area contributed by atoms with E-state index >= 15 is 0 Å². The van der Waals surface area contributed by atoms with Gasteiger partial charge in [0.15, 0.2) is 0 Å². The molecule has 29 heavy (non-hydrogen) atoms. The quantitative estimate of drug-likeness (QED) is 0.584. The van der Waals surface area contributed by atoms with Crippen molar-refractivity contribution in [3.63, 3.8) is 0 Å². The Balaban J connectivity index is 1.93. The normalized spacial score (nSPS) is 11.6. The smallest absolute Gasteiger partial charge is 0.416 e. The summed E-state index contributed by atoms with van der Waals surface area (Å²) in [5, 5.41) is 13.4. The summed E-state index contributed by atoms with van der Waals surface area (Å²) in [6.45, 7) is 4.21. The number of carboxylic acids is 1. The van der Waals surface area contributed by atoms with E-state index in [2.05, 4.69) is 10.1 Å². The van der Waals surface area contributed by atoms with Crippen molar-refractivity contribution in [2.45, 2.75) is 33.0 Å². The second kappa shape index (κ2) is 8.24. The molecule has 0 aliphatic rings. The monoisotopic (exact) mass is 425 g/mol. The Bertz CT molecular complexity index is 1030. The van der Waals surface area contributed by atoms with Crippen molar-refractivity contribution in [1.82, 2.24) is 14.8 Å². The Kier molecular flexibility index (Phi) is 5.92. The first-order chi connectivity index (χ1) is 13.7. The van der Waals surface area contributed by atoms with Gasteiger partial charge in [-0.1, -0.05) is 6.92 Å². The first kappa shape index (κ1) is 20.8. The molecule has 2 heterocycles. The Morgan fingerprint density at radius 2 is 2.07 bits per heavy atom. The first-order valence-corrected chi connectivity index (χ1v) is 9.56. The molecule has 0 radical (unpaired) electrons. The van der Waals surface area contributed by atoms with Crippen LogP contribution in [0.2, 0.25) is 0 Å². The van der Waals surface area contributed by atoms with Crippen molar-refractivity contribution in [3.8, 4) is 16.3 Å². The van der Waals surface area contributed by atoms with E-state index in [4.69, 9.17) is 9.84 Å². The lowest BCUT2D eigenvalue weighted by Gasteiger charge is -2.12. The van der Waals surface area contributed by atoms with Gasteiger partial charge in [0.05, 0.1) is 36.2 Å². The minimum absolute atomic E-state index is 0.0497. The highest BCUT2D eigenvalue weighted by Crippen LogP contribution is 2.37. The lowest BCUT2D eigenvalue weighted by molar-refractivity contribution is -0.137. The van der Waals surface area contributed by atoms with Gasteiger partial charge in [-0.2, -0.15) is 18.3 Å². The maximum Gasteiger partial charge on any atom is 0.416 e. The van der Waals surface area contributed by atoms with E-state index < -0.39 is 17.7 Å². The Morgan fingerprint density at radius 1 is 1.31 bits per heavy atom. The fraction of sp³-hybridized carbons (Fsp3) is 0.316. The van der Waals surface area contributed by atoms with Crippen LogP contribution < -0.4 is 4.74 Å². The molecule has 0 spiro atoms. The zero-order valence-electron chi connectivity index (χ0n) is 15.7. The highest BCUT2D eigenvalue weighted by molar-refractivity contribution is 7.15. The molecule has 0 unspecified atom stereocenters. The fourth-order valence-corrected chi connectivity index (χ4v) is 3.51. The molecule has 0 saturated carbocycles. The molecule has 0 atom stereocenters. The third kappa shape index (κ3) is 4.94. The molecule has 1 aromatic carbocycles. The summed E-state index contributed by atoms with van der Waals surface area (Å²) in [6.07, 6.45) is -1.22. The van der Waals surface area contributed by atoms with Gasteiger partial charge < -0.3 is 9.84 Å². The van der Waals surface area contributed by atoms with Crippen molar-refractivity contribution in [2.24, 2.45) is 0 Å². The van der Waals surface area contributed by atoms with Gasteiger partial charge in [0.2, 0.25) is 0 Å². The zero-order chi connectivity index (χ0) is 21.2. The number of aromatic nitrogens is 3. The van der Waals surface area contributed by atoms with Crippen molar-refractivity contribution < 1.29 is 27.8 Å². The summed E-state index contributed by atoms with van der Waals surface area (Å²) in [4.78, 5) is 16.2. The van der Waals surface area contributed by atoms with Gasteiger partial charge in [0.1, 0.15) is 10.8 Å². The van der Waals surface area contributed by atoms with Crippen molar-refractivity contribution >= 4 is 17.3 Å². The number of aryl methyl sites for hydroxylation is 1. The number of benzene rings is 1. The Labute approximate surface area is 168 Å². The number of hydrogen-bond acceptors (Lipinski definition) is 5. The molecule has 0 aliphatic heterocycles. The van der Waals surface area contributed by atoms with E-state index in [0.717, 1.165) is 17.0 Å². The molecule has 0 aliphatic carbocycles. The third-order valence-corrected chi connectivity index (χ3v) is 5.10. The van der Waals surface area contributed by atoms with Crippen LogP contribution in [0.25, 0.3) is 10.6 Å². The van der Waals surface area contributed by atoms with Gasteiger partial charge in [-0.15, -0.1) is 11.3 Å². The number of rotatable bonds is 7. The molecular formula is C19H18F3N3O3S. The number of carbonyl (C=O) groups is 1. The van der Waals surface area contributed by atoms with Gasteiger partial charge in [-0.25, -0.2) is 9.78 Å². The van der Waals surface area contributed by atoms with E-state index in [-0.39, 0.29) is 17.9 Å². The van der Waals surface area contributed by atoms with Crippen LogP contribution in [0, 0.1) is 6.92 Å². The summed E-state index contributed by atoms with van der Waals surface area (Å²) < 4.78 is 46.7. The Morgan fingerprint density at radius 3 is 2.69 bits per heavy atom. The molecule has 0 bridgehead atoms. The number of thiazole rings is 1. The van der Waals surface area contributed by atoms with Crippen LogP contribution in [-0.4, -0.2) is 32.4 Å². The maximum atomic E-state index is 13.3. The molecule has 154 valence electrons. The van der Waals surface area contributed by atoms with Gasteiger partial charge in [-0.3, -0.25) is 4.68 Å². The molecular weight excluding hydrogens is 407 g/mol. The number of nitrogens with zero attached hydrogens (tertiary/aromatic N) is 3. The van der Waals surface area contributed by atoms with Crippen LogP contribution in [0.15, 0.2) is 30.6 Å². The van der Waals surface area contributed by atoms with E-state index in [1.807, 2.05) is 6.92 Å². The molecule has 0 amide bonds. The SMILES string of the molecule is CCCOc1cc(-c2nc(Cn3cc(C(=O)O)cn3)c(C)s2)cc(C(F)(F)F)c1. The largest absolute Gasteiger partial charge is 0.494 e. The molecule has 6 nitrogen and oxygen atoms in total. The van der Waals surface area contributed by atoms with Crippen LogP contribution >= 0.6 is 11.3 Å². The summed E-state index contributed by atoms with van der Waals surface area (Å²) >= 11 is 1.26. The highest BCUT2D eigenvalue weighted by Gasteiger charge is 2.32. The minimum Gasteiger partial charge on any atom is -0.494 e. The average Bonchev–Trinajstić information content (AvgIpc) is 3.27. The molecule has 3 rings (SSSR count). The summed E-state index contributed by atoms with van der Waals surface area (Å²) in [7, 11) is 0. The van der Waals surface area contributed by atoms with Gasteiger partial charge in [0, 0.05) is 16.6 Å². The molecule has 0 saturated heterocycles. The zero-order valence-corrected chi connectivity index (χ0v) is 16.5. The summed E-state index contributed by atoms with van der Waals surface area (Å²) in [5.74, 6) is -0.945. The van der Waals surface area contributed by atoms with Crippen LogP contribution in [0.1, 0.15) is 39.8 Å². The standard InChI is InChI=1S/C19H18F3N3O3S/c1-3-4-28-15-6-12(5-14(7-15)19(20,21)22)17-24-16(11(2)29-17)10-25-9-13(8-23-25)18(26)27/h5-9H,3-4,10H2,1-2H3,(H,26,27). The predicted octanol–water partition coefficient (Wildman–Crippen LogP) is 4.87. The van der Waals surface area contributed by atoms with Gasteiger partial charge >= 0.3 is 12.1 Å². The summed E-state index contributed by atoms with van der Waals surface area (Å²) in [6, 6.07) is 3.58. The fourth-order valence-electron chi connectivity index (χ4n) is 2.60. The average molecular weight is 425 g/mol. The first-order valence-electron chi connectivity index (χ1n) is 8.75. The van der Waals surface area contributed by atoms with E-state index in [9.17, 15) is 18.0 Å². The van der Waals surface area contributed by atoms with Crippen molar-refractivity contribution in [2.75, 3.05) is 6.61 Å². The third-order valence-electron chi connectivity index (χ3n) is 4.04. The summed E-state index contributed by atoms with van der Waals surface area (Å²) in [5.41, 5.74) is 0.179.